The van der Waals surface area contributed by atoms with Gasteiger partial charge in [-0.15, -0.1) is 23.2 Å². The van der Waals surface area contributed by atoms with Crippen LogP contribution in [-0.2, 0) is 0 Å². The molecule has 3 amide bonds. The lowest BCUT2D eigenvalue weighted by Gasteiger charge is -2.13. The van der Waals surface area contributed by atoms with Crippen molar-refractivity contribution in [1.82, 2.24) is 5.32 Å². The first-order valence-electron chi connectivity index (χ1n) is 8.47. The zero-order chi connectivity index (χ0) is 21.3. The lowest BCUT2D eigenvalue weighted by atomic mass is 10.2. The van der Waals surface area contributed by atoms with Crippen LogP contribution in [0.3, 0.4) is 0 Å². The molecule has 2 N–H and O–H groups in total. The number of hydrogen-bond acceptors (Lipinski definition) is 3. The van der Waals surface area contributed by atoms with Crippen molar-refractivity contribution in [3.8, 4) is 5.75 Å². The van der Waals surface area contributed by atoms with Gasteiger partial charge in [0.1, 0.15) is 4.33 Å². The predicted octanol–water partition coefficient (Wildman–Crippen LogP) is 6.43. The molecule has 3 rings (SSSR count). The summed E-state index contributed by atoms with van der Waals surface area (Å²) in [6, 6.07) is 8.50. The number of halogens is 5. The van der Waals surface area contributed by atoms with Crippen molar-refractivity contribution in [3.05, 3.63) is 57.0 Å². The molecule has 0 radical (unpaired) electrons. The second-order valence-corrected chi connectivity index (χ2v) is 9.20. The molecule has 5 nitrogen and oxygen atoms in total. The van der Waals surface area contributed by atoms with Crippen LogP contribution in [-0.4, -0.2) is 22.9 Å². The van der Waals surface area contributed by atoms with Crippen LogP contribution in [0, 0.1) is 11.8 Å². The summed E-state index contributed by atoms with van der Waals surface area (Å²) in [5.74, 6) is -0.315. The number of anilines is 1. The first kappa shape index (κ1) is 22.3. The lowest BCUT2D eigenvalue weighted by Crippen LogP contribution is -2.34. The number of carbonyl (C=O) groups excluding carboxylic acids is 2. The Bertz CT molecular complexity index is 944. The van der Waals surface area contributed by atoms with Crippen LogP contribution < -0.4 is 15.4 Å². The maximum Gasteiger partial charge on any atom is 0.326 e. The summed E-state index contributed by atoms with van der Waals surface area (Å²) in [7, 11) is 0. The molecule has 2 atom stereocenters. The van der Waals surface area contributed by atoms with Crippen LogP contribution >= 0.6 is 58.0 Å². The number of amides is 3. The zero-order valence-corrected chi connectivity index (χ0v) is 18.7. The molecule has 1 fully saturated rings. The SMILES string of the molecule is CC1C(COc2c(Cl)cc(NC(=O)NC(=O)c3ccccc3Cl)cc2Cl)C1(Cl)Cl. The Kier molecular flexibility index (Phi) is 6.76. The number of alkyl halides is 2. The van der Waals surface area contributed by atoms with E-state index < -0.39 is 16.3 Å². The number of carbonyl (C=O) groups is 2. The van der Waals surface area contributed by atoms with Gasteiger partial charge in [-0.05, 0) is 30.2 Å². The Balaban J connectivity index is 1.62. The molecule has 1 aliphatic carbocycles. The average Bonchev–Trinajstić information content (AvgIpc) is 3.11. The Morgan fingerprint density at radius 3 is 2.21 bits per heavy atom. The van der Waals surface area contributed by atoms with E-state index in [1.165, 1.54) is 18.2 Å². The fraction of sp³-hybridized carbons (Fsp3) is 0.263. The van der Waals surface area contributed by atoms with E-state index in [2.05, 4.69) is 10.6 Å². The molecule has 10 heteroatoms. The van der Waals surface area contributed by atoms with Crippen molar-refractivity contribution in [2.75, 3.05) is 11.9 Å². The molecule has 2 aromatic carbocycles. The molecule has 2 aromatic rings. The van der Waals surface area contributed by atoms with Gasteiger partial charge in [0, 0.05) is 11.6 Å². The van der Waals surface area contributed by atoms with Gasteiger partial charge in [0.2, 0.25) is 0 Å². The molecule has 29 heavy (non-hydrogen) atoms. The normalized spacial score (nSPS) is 19.4. The third-order valence-corrected chi connectivity index (χ3v) is 6.74. The van der Waals surface area contributed by atoms with Crippen LogP contribution in [0.15, 0.2) is 36.4 Å². The molecule has 0 bridgehead atoms. The van der Waals surface area contributed by atoms with Crippen LogP contribution in [0.5, 0.6) is 5.75 Å². The van der Waals surface area contributed by atoms with E-state index in [0.29, 0.717) is 0 Å². The van der Waals surface area contributed by atoms with Gasteiger partial charge in [0.15, 0.2) is 5.75 Å². The van der Waals surface area contributed by atoms with E-state index in [4.69, 9.17) is 62.7 Å². The summed E-state index contributed by atoms with van der Waals surface area (Å²) in [5, 5.41) is 5.28. The molecule has 0 saturated heterocycles. The minimum Gasteiger partial charge on any atom is -0.490 e. The van der Waals surface area contributed by atoms with Gasteiger partial charge in [-0.1, -0.05) is 53.9 Å². The Morgan fingerprint density at radius 1 is 1.07 bits per heavy atom. The Labute approximate surface area is 192 Å². The minimum absolute atomic E-state index is 0.0302. The molecule has 0 aromatic heterocycles. The number of benzene rings is 2. The highest BCUT2D eigenvalue weighted by Crippen LogP contribution is 2.59. The van der Waals surface area contributed by atoms with Crippen molar-refractivity contribution >= 4 is 75.6 Å². The summed E-state index contributed by atoms with van der Waals surface area (Å²) >= 11 is 30.6. The molecule has 0 heterocycles. The van der Waals surface area contributed by atoms with Crippen LogP contribution in [0.2, 0.25) is 15.1 Å². The van der Waals surface area contributed by atoms with Crippen molar-refractivity contribution < 1.29 is 14.3 Å². The average molecular weight is 497 g/mol. The van der Waals surface area contributed by atoms with Crippen molar-refractivity contribution in [2.45, 2.75) is 11.3 Å². The first-order chi connectivity index (χ1) is 13.6. The molecule has 1 aliphatic rings. The van der Waals surface area contributed by atoms with E-state index in [1.807, 2.05) is 6.92 Å². The highest BCUT2D eigenvalue weighted by molar-refractivity contribution is 6.51. The van der Waals surface area contributed by atoms with Gasteiger partial charge in [-0.3, -0.25) is 10.1 Å². The maximum absolute atomic E-state index is 12.1. The fourth-order valence-electron chi connectivity index (χ4n) is 2.74. The second-order valence-electron chi connectivity index (χ2n) is 6.54. The summed E-state index contributed by atoms with van der Waals surface area (Å²) in [6.45, 7) is 2.18. The van der Waals surface area contributed by atoms with Crippen LogP contribution in [0.4, 0.5) is 10.5 Å². The third-order valence-electron chi connectivity index (χ3n) is 4.60. The van der Waals surface area contributed by atoms with Gasteiger partial charge < -0.3 is 10.1 Å². The molecule has 0 aliphatic heterocycles. The van der Waals surface area contributed by atoms with Gasteiger partial charge in [-0.25, -0.2) is 4.79 Å². The van der Waals surface area contributed by atoms with E-state index in [0.717, 1.165) is 0 Å². The first-order valence-corrected chi connectivity index (χ1v) is 10.4. The number of rotatable bonds is 5. The number of urea groups is 1. The molecule has 2 unspecified atom stereocenters. The number of nitrogens with one attached hydrogen (secondary N) is 2. The quantitative estimate of drug-likeness (QED) is 0.469. The summed E-state index contributed by atoms with van der Waals surface area (Å²) in [5.41, 5.74) is 0.453. The number of imide groups is 1. The Morgan fingerprint density at radius 2 is 1.66 bits per heavy atom. The maximum atomic E-state index is 12.1. The monoisotopic (exact) mass is 494 g/mol. The van der Waals surface area contributed by atoms with E-state index in [-0.39, 0.29) is 50.5 Å². The van der Waals surface area contributed by atoms with Crippen molar-refractivity contribution in [3.63, 3.8) is 0 Å². The summed E-state index contributed by atoms with van der Waals surface area (Å²) in [4.78, 5) is 24.3. The van der Waals surface area contributed by atoms with E-state index in [9.17, 15) is 9.59 Å². The van der Waals surface area contributed by atoms with Crippen LogP contribution in [0.25, 0.3) is 0 Å². The molecule has 154 valence electrons. The minimum atomic E-state index is -0.813. The van der Waals surface area contributed by atoms with Gasteiger partial charge in [-0.2, -0.15) is 0 Å². The predicted molar refractivity (Wildman–Crippen MR) is 117 cm³/mol. The molecular formula is C19H15Cl5N2O3. The van der Waals surface area contributed by atoms with Crippen molar-refractivity contribution in [2.24, 2.45) is 11.8 Å². The van der Waals surface area contributed by atoms with Gasteiger partial charge in [0.05, 0.1) is 27.2 Å². The topological polar surface area (TPSA) is 67.4 Å². The van der Waals surface area contributed by atoms with Gasteiger partial charge in [0.25, 0.3) is 5.91 Å². The molecule has 1 saturated carbocycles. The zero-order valence-electron chi connectivity index (χ0n) is 14.9. The molecular weight excluding hydrogens is 481 g/mol. The summed E-state index contributed by atoms with van der Waals surface area (Å²) in [6.07, 6.45) is 0. The largest absolute Gasteiger partial charge is 0.490 e. The molecule has 0 spiro atoms. The van der Waals surface area contributed by atoms with E-state index >= 15 is 0 Å². The number of hydrogen-bond donors (Lipinski definition) is 2. The number of ether oxygens (including phenoxy) is 1. The highest BCUT2D eigenvalue weighted by atomic mass is 35.5. The Hall–Kier alpha value is -1.37. The third kappa shape index (κ3) is 5.04. The lowest BCUT2D eigenvalue weighted by molar-refractivity contribution is 0.0967. The fourth-order valence-corrected chi connectivity index (χ4v) is 4.24. The smallest absolute Gasteiger partial charge is 0.326 e. The standard InChI is InChI=1S/C19H15Cl5N2O3/c1-9-12(19(9,23)24)8-29-16-14(21)6-10(7-15(16)22)25-18(28)26-17(27)11-4-2-3-5-13(11)20/h2-7,9,12H,8H2,1H3,(H2,25,26,27,28). The summed E-state index contributed by atoms with van der Waals surface area (Å²) < 4.78 is 4.85. The van der Waals surface area contributed by atoms with Gasteiger partial charge >= 0.3 is 6.03 Å². The highest BCUT2D eigenvalue weighted by Gasteiger charge is 2.60. The van der Waals surface area contributed by atoms with Crippen molar-refractivity contribution in [1.29, 1.82) is 0 Å². The second kappa shape index (κ2) is 8.78. The van der Waals surface area contributed by atoms with E-state index in [1.54, 1.807) is 18.2 Å². The van der Waals surface area contributed by atoms with Crippen LogP contribution in [0.1, 0.15) is 17.3 Å².